The van der Waals surface area contributed by atoms with Gasteiger partial charge in [-0.25, -0.2) is 8.42 Å². The fraction of sp³-hybridized carbons (Fsp3) is 1.00. The lowest BCUT2D eigenvalue weighted by Crippen LogP contribution is -2.49. The summed E-state index contributed by atoms with van der Waals surface area (Å²) in [6.07, 6.45) is 1.07. The fourth-order valence-corrected chi connectivity index (χ4v) is 3.09. The van der Waals surface area contributed by atoms with Crippen molar-refractivity contribution >= 4 is 9.84 Å². The lowest BCUT2D eigenvalue weighted by atomic mass is 10.2. The molecule has 84 valence electrons. The Bertz CT molecular complexity index is 250. The van der Waals surface area contributed by atoms with Crippen molar-refractivity contribution in [2.24, 2.45) is 0 Å². The number of hydrogen-bond acceptors (Lipinski definition) is 4. The highest BCUT2D eigenvalue weighted by molar-refractivity contribution is 7.91. The van der Waals surface area contributed by atoms with E-state index >= 15 is 0 Å². The highest BCUT2D eigenvalue weighted by atomic mass is 32.2. The van der Waals surface area contributed by atoms with Crippen LogP contribution in [0.2, 0.25) is 0 Å². The van der Waals surface area contributed by atoms with Crippen LogP contribution in [-0.2, 0) is 9.84 Å². The van der Waals surface area contributed by atoms with Crippen LogP contribution in [0.15, 0.2) is 0 Å². The first-order chi connectivity index (χ1) is 6.59. The van der Waals surface area contributed by atoms with Gasteiger partial charge in [-0.2, -0.15) is 0 Å². The van der Waals surface area contributed by atoms with Gasteiger partial charge in [0.2, 0.25) is 0 Å². The van der Waals surface area contributed by atoms with Crippen LogP contribution in [-0.4, -0.2) is 57.5 Å². The number of hydrogen-bond donors (Lipinski definition) is 1. The molecule has 0 aliphatic carbocycles. The van der Waals surface area contributed by atoms with E-state index in [0.29, 0.717) is 30.6 Å². The van der Waals surface area contributed by atoms with Crippen molar-refractivity contribution < 1.29 is 8.42 Å². The van der Waals surface area contributed by atoms with Gasteiger partial charge in [0, 0.05) is 25.7 Å². The van der Waals surface area contributed by atoms with E-state index in [1.807, 2.05) is 7.05 Å². The second-order valence-corrected chi connectivity index (χ2v) is 6.11. The van der Waals surface area contributed by atoms with Crippen LogP contribution in [0, 0.1) is 0 Å². The zero-order valence-corrected chi connectivity index (χ0v) is 9.81. The van der Waals surface area contributed by atoms with Crippen molar-refractivity contribution in [2.75, 3.05) is 38.2 Å². The number of nitrogens with zero attached hydrogens (tertiary/aromatic N) is 1. The Labute approximate surface area is 86.6 Å². The van der Waals surface area contributed by atoms with Crippen molar-refractivity contribution in [1.82, 2.24) is 10.2 Å². The second kappa shape index (κ2) is 5.09. The largest absolute Gasteiger partial charge is 0.318 e. The monoisotopic (exact) mass is 220 g/mol. The third kappa shape index (κ3) is 3.22. The molecule has 1 N–H and O–H groups in total. The molecule has 14 heavy (non-hydrogen) atoms. The van der Waals surface area contributed by atoms with E-state index in [-0.39, 0.29) is 0 Å². The summed E-state index contributed by atoms with van der Waals surface area (Å²) < 4.78 is 22.4. The van der Waals surface area contributed by atoms with E-state index in [1.54, 1.807) is 0 Å². The van der Waals surface area contributed by atoms with Gasteiger partial charge in [-0.3, -0.25) is 4.90 Å². The van der Waals surface area contributed by atoms with E-state index in [9.17, 15) is 8.42 Å². The molecule has 1 saturated heterocycles. The SMILES string of the molecule is CCC(CNC)N1CCS(=O)(=O)CC1. The van der Waals surface area contributed by atoms with E-state index in [2.05, 4.69) is 17.1 Å². The molecular formula is C9H20N2O2S. The van der Waals surface area contributed by atoms with Crippen LogP contribution in [0.1, 0.15) is 13.3 Å². The normalized spacial score (nSPS) is 24.7. The summed E-state index contributed by atoms with van der Waals surface area (Å²) in [5, 5.41) is 3.15. The Kier molecular flexibility index (Phi) is 4.34. The Morgan fingerprint density at radius 1 is 1.36 bits per heavy atom. The lowest BCUT2D eigenvalue weighted by molar-refractivity contribution is 0.204. The minimum absolute atomic E-state index is 0.327. The Morgan fingerprint density at radius 2 is 1.93 bits per heavy atom. The maximum atomic E-state index is 11.2. The average Bonchev–Trinajstić information content (AvgIpc) is 2.15. The van der Waals surface area contributed by atoms with Crippen LogP contribution in [0.4, 0.5) is 0 Å². The van der Waals surface area contributed by atoms with Crippen LogP contribution in [0.25, 0.3) is 0 Å². The number of likely N-dealkylation sites (N-methyl/N-ethyl adjacent to an activating group) is 1. The molecule has 1 fully saturated rings. The third-order valence-corrected chi connectivity index (χ3v) is 4.42. The van der Waals surface area contributed by atoms with Gasteiger partial charge in [0.15, 0.2) is 9.84 Å². The molecule has 1 aliphatic heterocycles. The van der Waals surface area contributed by atoms with Crippen LogP contribution in [0.5, 0.6) is 0 Å². The molecular weight excluding hydrogens is 200 g/mol. The van der Waals surface area contributed by atoms with Gasteiger partial charge in [0.1, 0.15) is 0 Å². The van der Waals surface area contributed by atoms with Gasteiger partial charge in [0.25, 0.3) is 0 Å². The first-order valence-electron chi connectivity index (χ1n) is 5.18. The first kappa shape index (κ1) is 11.9. The van der Waals surface area contributed by atoms with Gasteiger partial charge < -0.3 is 5.32 Å². The van der Waals surface area contributed by atoms with Crippen molar-refractivity contribution in [2.45, 2.75) is 19.4 Å². The molecule has 1 unspecified atom stereocenters. The summed E-state index contributed by atoms with van der Waals surface area (Å²) in [6, 6.07) is 0.482. The Hall–Kier alpha value is -0.130. The van der Waals surface area contributed by atoms with Gasteiger partial charge in [-0.15, -0.1) is 0 Å². The summed E-state index contributed by atoms with van der Waals surface area (Å²) in [4.78, 5) is 2.28. The van der Waals surface area contributed by atoms with E-state index in [1.165, 1.54) is 0 Å². The molecule has 0 aromatic rings. The molecule has 0 bridgehead atoms. The highest BCUT2D eigenvalue weighted by Gasteiger charge is 2.25. The Balaban J connectivity index is 2.47. The van der Waals surface area contributed by atoms with Crippen molar-refractivity contribution in [3.8, 4) is 0 Å². The van der Waals surface area contributed by atoms with Gasteiger partial charge in [0.05, 0.1) is 11.5 Å². The highest BCUT2D eigenvalue weighted by Crippen LogP contribution is 2.09. The molecule has 0 aromatic carbocycles. The number of sulfone groups is 1. The molecule has 0 radical (unpaired) electrons. The molecule has 0 aromatic heterocycles. The molecule has 0 amide bonds. The molecule has 5 heteroatoms. The van der Waals surface area contributed by atoms with Gasteiger partial charge in [-0.1, -0.05) is 6.92 Å². The fourth-order valence-electron chi connectivity index (χ4n) is 1.86. The molecule has 4 nitrogen and oxygen atoms in total. The summed E-state index contributed by atoms with van der Waals surface area (Å²) in [5.74, 6) is 0.653. The maximum Gasteiger partial charge on any atom is 0.152 e. The third-order valence-electron chi connectivity index (χ3n) is 2.81. The quantitative estimate of drug-likeness (QED) is 0.707. The van der Waals surface area contributed by atoms with Gasteiger partial charge in [-0.05, 0) is 13.5 Å². The van der Waals surface area contributed by atoms with Crippen molar-refractivity contribution in [1.29, 1.82) is 0 Å². The van der Waals surface area contributed by atoms with Crippen LogP contribution < -0.4 is 5.32 Å². The standard InChI is InChI=1S/C9H20N2O2S/c1-3-9(8-10-2)11-4-6-14(12,13)7-5-11/h9-10H,3-8H2,1-2H3. The summed E-state index contributed by atoms with van der Waals surface area (Å²) in [7, 11) is -0.801. The molecule has 1 rings (SSSR count). The summed E-state index contributed by atoms with van der Waals surface area (Å²) in [6.45, 7) is 4.48. The van der Waals surface area contributed by atoms with Crippen molar-refractivity contribution in [3.05, 3.63) is 0 Å². The maximum absolute atomic E-state index is 11.2. The lowest BCUT2D eigenvalue weighted by Gasteiger charge is -2.33. The van der Waals surface area contributed by atoms with E-state index in [0.717, 1.165) is 13.0 Å². The second-order valence-electron chi connectivity index (χ2n) is 3.81. The van der Waals surface area contributed by atoms with Gasteiger partial charge >= 0.3 is 0 Å². The van der Waals surface area contributed by atoms with Crippen LogP contribution in [0.3, 0.4) is 0 Å². The summed E-state index contributed by atoms with van der Waals surface area (Å²) in [5.41, 5.74) is 0. The molecule has 1 heterocycles. The topological polar surface area (TPSA) is 49.4 Å². The predicted octanol–water partition coefficient (Wildman–Crippen LogP) is -0.285. The molecule has 1 aliphatic rings. The zero-order chi connectivity index (χ0) is 10.6. The summed E-state index contributed by atoms with van der Waals surface area (Å²) >= 11 is 0. The molecule has 0 saturated carbocycles. The number of rotatable bonds is 4. The average molecular weight is 220 g/mol. The van der Waals surface area contributed by atoms with Crippen LogP contribution >= 0.6 is 0 Å². The number of nitrogens with one attached hydrogen (secondary N) is 1. The van der Waals surface area contributed by atoms with Crippen molar-refractivity contribution in [3.63, 3.8) is 0 Å². The predicted molar refractivity (Wildman–Crippen MR) is 58.2 cm³/mol. The molecule has 0 spiro atoms. The molecule has 1 atom stereocenters. The minimum atomic E-state index is -2.73. The minimum Gasteiger partial charge on any atom is -0.318 e. The Morgan fingerprint density at radius 3 is 2.36 bits per heavy atom. The van der Waals surface area contributed by atoms with E-state index in [4.69, 9.17) is 0 Å². The van der Waals surface area contributed by atoms with E-state index < -0.39 is 9.84 Å². The zero-order valence-electron chi connectivity index (χ0n) is 8.99. The smallest absolute Gasteiger partial charge is 0.152 e. The first-order valence-corrected chi connectivity index (χ1v) is 7.00.